The summed E-state index contributed by atoms with van der Waals surface area (Å²) in [5.74, 6) is 0.273. The summed E-state index contributed by atoms with van der Waals surface area (Å²) in [7, 11) is 0. The molecule has 102 valence electrons. The van der Waals surface area contributed by atoms with E-state index in [4.69, 9.17) is 0 Å². The van der Waals surface area contributed by atoms with E-state index in [2.05, 4.69) is 10.4 Å². The zero-order valence-electron chi connectivity index (χ0n) is 11.3. The molecule has 0 aliphatic heterocycles. The molecule has 0 fully saturated rings. The second kappa shape index (κ2) is 5.84. The fraction of sp³-hybridized carbons (Fsp3) is 0.429. The minimum atomic E-state index is -0.217. The van der Waals surface area contributed by atoms with Crippen LogP contribution in [0.1, 0.15) is 13.8 Å². The molecule has 1 atom stereocenters. The van der Waals surface area contributed by atoms with Gasteiger partial charge in [-0.25, -0.2) is 4.68 Å². The highest BCUT2D eigenvalue weighted by Gasteiger charge is 2.09. The fourth-order valence-corrected chi connectivity index (χ4v) is 2.14. The van der Waals surface area contributed by atoms with Gasteiger partial charge in [-0.3, -0.25) is 14.7 Å². The van der Waals surface area contributed by atoms with Crippen LogP contribution < -0.4 is 16.4 Å². The zero-order chi connectivity index (χ0) is 13.8. The molecule has 0 saturated heterocycles. The van der Waals surface area contributed by atoms with Crippen molar-refractivity contribution in [3.05, 3.63) is 45.0 Å². The summed E-state index contributed by atoms with van der Waals surface area (Å²) in [5, 5.41) is 6.80. The number of H-pyrrole nitrogens is 1. The first-order chi connectivity index (χ1) is 9.13. The number of nitrogens with one attached hydrogen (secondary N) is 2. The molecule has 1 heterocycles. The number of aromatic nitrogens is 2. The molecule has 0 bridgehead atoms. The maximum atomic E-state index is 12.3. The molecule has 19 heavy (non-hydrogen) atoms. The Hall–Kier alpha value is -1.88. The normalized spacial score (nSPS) is 12.7. The summed E-state index contributed by atoms with van der Waals surface area (Å²) in [6.07, 6.45) is 0. The van der Waals surface area contributed by atoms with Gasteiger partial charge in [0.15, 0.2) is 0 Å². The van der Waals surface area contributed by atoms with Crippen LogP contribution in [0.3, 0.4) is 0 Å². The molecule has 0 radical (unpaired) electrons. The maximum Gasteiger partial charge on any atom is 0.273 e. The van der Waals surface area contributed by atoms with Crippen molar-refractivity contribution < 1.29 is 0 Å². The standard InChI is InChI=1S/C14H19N3O2/c1-3-15-8-10(2)9-17-14(19)12-7-5-4-6-11(12)13(18)16-17/h4-7,10,15H,3,8-9H2,1-2H3,(H,16,18). The molecule has 2 aromatic rings. The van der Waals surface area contributed by atoms with Gasteiger partial charge < -0.3 is 5.32 Å². The van der Waals surface area contributed by atoms with Gasteiger partial charge in [0.25, 0.3) is 11.1 Å². The molecule has 2 N–H and O–H groups in total. The molecular formula is C14H19N3O2. The highest BCUT2D eigenvalue weighted by Crippen LogP contribution is 2.03. The van der Waals surface area contributed by atoms with Crippen LogP contribution in [0.15, 0.2) is 33.9 Å². The summed E-state index contributed by atoms with van der Waals surface area (Å²) < 4.78 is 1.41. The van der Waals surface area contributed by atoms with Gasteiger partial charge >= 0.3 is 0 Å². The largest absolute Gasteiger partial charge is 0.317 e. The predicted octanol–water partition coefficient (Wildman–Crippen LogP) is 0.935. The van der Waals surface area contributed by atoms with Gasteiger partial charge in [-0.2, -0.15) is 0 Å². The van der Waals surface area contributed by atoms with Gasteiger partial charge in [-0.1, -0.05) is 26.0 Å². The second-order valence-corrected chi connectivity index (χ2v) is 4.82. The van der Waals surface area contributed by atoms with Gasteiger partial charge in [0.2, 0.25) is 0 Å². The predicted molar refractivity (Wildman–Crippen MR) is 76.5 cm³/mol. The van der Waals surface area contributed by atoms with Crippen molar-refractivity contribution in [2.75, 3.05) is 13.1 Å². The number of benzene rings is 1. The van der Waals surface area contributed by atoms with Gasteiger partial charge in [0, 0.05) is 6.54 Å². The monoisotopic (exact) mass is 261 g/mol. The van der Waals surface area contributed by atoms with Crippen molar-refractivity contribution >= 4 is 10.8 Å². The van der Waals surface area contributed by atoms with Crippen molar-refractivity contribution in [2.45, 2.75) is 20.4 Å². The fourth-order valence-electron chi connectivity index (χ4n) is 2.14. The molecule has 1 aromatic carbocycles. The molecule has 5 nitrogen and oxygen atoms in total. The highest BCUT2D eigenvalue weighted by atomic mass is 16.2. The SMILES string of the molecule is CCNCC(C)Cn1[nH]c(=O)c2ccccc2c1=O. The topological polar surface area (TPSA) is 66.9 Å². The van der Waals surface area contributed by atoms with E-state index >= 15 is 0 Å². The Morgan fingerprint density at radius 3 is 2.63 bits per heavy atom. The van der Waals surface area contributed by atoms with E-state index in [0.717, 1.165) is 13.1 Å². The molecule has 1 aromatic heterocycles. The molecule has 5 heteroatoms. The highest BCUT2D eigenvalue weighted by molar-refractivity contribution is 5.80. The van der Waals surface area contributed by atoms with Crippen LogP contribution in [0.25, 0.3) is 10.8 Å². The van der Waals surface area contributed by atoms with Gasteiger partial charge in [-0.15, -0.1) is 0 Å². The molecule has 1 unspecified atom stereocenters. The summed E-state index contributed by atoms with van der Waals surface area (Å²) >= 11 is 0. The van der Waals surface area contributed by atoms with Crippen molar-refractivity contribution in [1.82, 2.24) is 15.1 Å². The van der Waals surface area contributed by atoms with E-state index in [-0.39, 0.29) is 17.0 Å². The van der Waals surface area contributed by atoms with Gasteiger partial charge in [0.05, 0.1) is 10.8 Å². The van der Waals surface area contributed by atoms with E-state index in [1.54, 1.807) is 24.3 Å². The smallest absolute Gasteiger partial charge is 0.273 e. The molecule has 0 aliphatic carbocycles. The molecular weight excluding hydrogens is 242 g/mol. The third-order valence-electron chi connectivity index (χ3n) is 3.12. The average molecular weight is 261 g/mol. The molecule has 0 aliphatic rings. The third-order valence-corrected chi connectivity index (χ3v) is 3.12. The lowest BCUT2D eigenvalue weighted by Gasteiger charge is -2.13. The van der Waals surface area contributed by atoms with Gasteiger partial charge in [0.1, 0.15) is 0 Å². The lowest BCUT2D eigenvalue weighted by atomic mass is 10.1. The van der Waals surface area contributed by atoms with Crippen LogP contribution in [-0.4, -0.2) is 22.9 Å². The van der Waals surface area contributed by atoms with Crippen LogP contribution >= 0.6 is 0 Å². The first-order valence-electron chi connectivity index (χ1n) is 6.56. The Labute approximate surface area is 111 Å². The summed E-state index contributed by atoms with van der Waals surface area (Å²) in [6, 6.07) is 6.89. The van der Waals surface area contributed by atoms with Crippen LogP contribution in [0.4, 0.5) is 0 Å². The maximum absolute atomic E-state index is 12.3. The summed E-state index contributed by atoms with van der Waals surface area (Å²) in [5.41, 5.74) is -0.357. The van der Waals surface area contributed by atoms with E-state index in [0.29, 0.717) is 17.3 Å². The van der Waals surface area contributed by atoms with E-state index in [9.17, 15) is 9.59 Å². The van der Waals surface area contributed by atoms with Crippen LogP contribution in [0.5, 0.6) is 0 Å². The van der Waals surface area contributed by atoms with Crippen molar-refractivity contribution in [2.24, 2.45) is 5.92 Å². The number of nitrogens with zero attached hydrogens (tertiary/aromatic N) is 1. The Morgan fingerprint density at radius 1 is 1.26 bits per heavy atom. The van der Waals surface area contributed by atoms with Crippen LogP contribution in [-0.2, 0) is 6.54 Å². The third kappa shape index (κ3) is 2.93. The summed E-state index contributed by atoms with van der Waals surface area (Å²) in [4.78, 5) is 24.2. The summed E-state index contributed by atoms with van der Waals surface area (Å²) in [6.45, 7) is 6.30. The molecule has 2 rings (SSSR count). The van der Waals surface area contributed by atoms with Crippen molar-refractivity contribution in [3.63, 3.8) is 0 Å². The minimum absolute atomic E-state index is 0.140. The van der Waals surface area contributed by atoms with Crippen LogP contribution in [0.2, 0.25) is 0 Å². The first kappa shape index (κ1) is 13.5. The lowest BCUT2D eigenvalue weighted by Crippen LogP contribution is -2.34. The molecule has 0 spiro atoms. The van der Waals surface area contributed by atoms with E-state index in [1.807, 2.05) is 13.8 Å². The van der Waals surface area contributed by atoms with E-state index in [1.165, 1.54) is 4.68 Å². The Balaban J connectivity index is 2.37. The average Bonchev–Trinajstić information content (AvgIpc) is 2.42. The number of fused-ring (bicyclic) bond motifs is 1. The number of hydrogen-bond acceptors (Lipinski definition) is 3. The Kier molecular flexibility index (Phi) is 4.16. The number of rotatable bonds is 5. The zero-order valence-corrected chi connectivity index (χ0v) is 11.3. The quantitative estimate of drug-likeness (QED) is 0.841. The number of aromatic amines is 1. The lowest BCUT2D eigenvalue weighted by molar-refractivity contribution is 0.414. The van der Waals surface area contributed by atoms with Gasteiger partial charge in [-0.05, 0) is 31.1 Å². The Morgan fingerprint density at radius 2 is 1.95 bits per heavy atom. The molecule has 0 saturated carbocycles. The minimum Gasteiger partial charge on any atom is -0.317 e. The van der Waals surface area contributed by atoms with E-state index < -0.39 is 0 Å². The van der Waals surface area contributed by atoms with Crippen LogP contribution in [0, 0.1) is 5.92 Å². The van der Waals surface area contributed by atoms with Crippen molar-refractivity contribution in [3.8, 4) is 0 Å². The second-order valence-electron chi connectivity index (χ2n) is 4.82. The Bertz CT molecular complexity index is 672. The first-order valence-corrected chi connectivity index (χ1v) is 6.56. The van der Waals surface area contributed by atoms with Crippen molar-refractivity contribution in [1.29, 1.82) is 0 Å². The number of hydrogen-bond donors (Lipinski definition) is 2. The molecule has 0 amide bonds.